The molecule has 0 fully saturated rings. The molecule has 0 aromatic rings. The first-order valence-corrected chi connectivity index (χ1v) is 3.93. The van der Waals surface area contributed by atoms with Crippen molar-refractivity contribution in [3.05, 3.63) is 0 Å². The predicted octanol–water partition coefficient (Wildman–Crippen LogP) is 0.923. The van der Waals surface area contributed by atoms with Gasteiger partial charge in [-0.25, -0.2) is 0 Å². The number of hydrogen-bond donors (Lipinski definition) is 1. The largest absolute Gasteiger partial charge is 0.465 e. The smallest absolute Gasteiger partial charge is 0.307 e. The van der Waals surface area contributed by atoms with E-state index in [2.05, 4.69) is 0 Å². The van der Waals surface area contributed by atoms with Gasteiger partial charge in [0.1, 0.15) is 0 Å². The summed E-state index contributed by atoms with van der Waals surface area (Å²) < 4.78 is 4.90. The van der Waals surface area contributed by atoms with E-state index in [9.17, 15) is 4.79 Å². The van der Waals surface area contributed by atoms with Crippen molar-refractivity contribution in [2.45, 2.75) is 33.2 Å². The fourth-order valence-corrected chi connectivity index (χ4v) is 0.581. The zero-order chi connectivity index (χ0) is 8.85. The monoisotopic (exact) mass is 159 g/mol. The summed E-state index contributed by atoms with van der Waals surface area (Å²) in [7, 11) is 0. The summed E-state index contributed by atoms with van der Waals surface area (Å²) in [5, 5.41) is 0. The van der Waals surface area contributed by atoms with Gasteiger partial charge in [0.05, 0.1) is 13.0 Å². The van der Waals surface area contributed by atoms with Crippen molar-refractivity contribution in [3.63, 3.8) is 0 Å². The van der Waals surface area contributed by atoms with Crippen LogP contribution in [0.2, 0.25) is 0 Å². The van der Waals surface area contributed by atoms with Gasteiger partial charge in [-0.3, -0.25) is 4.79 Å². The van der Waals surface area contributed by atoms with Crippen LogP contribution in [0.15, 0.2) is 0 Å². The molecule has 0 aliphatic heterocycles. The van der Waals surface area contributed by atoms with Crippen LogP contribution in [0.5, 0.6) is 0 Å². The summed E-state index contributed by atoms with van der Waals surface area (Å²) in [4.78, 5) is 10.9. The van der Waals surface area contributed by atoms with Crippen LogP contribution in [0.3, 0.4) is 0 Å². The minimum atomic E-state index is -0.200. The van der Waals surface area contributed by atoms with E-state index < -0.39 is 0 Å². The Bertz CT molecular complexity index is 121. The Balaban J connectivity index is 3.38. The van der Waals surface area contributed by atoms with Crippen molar-refractivity contribution in [1.29, 1.82) is 0 Å². The lowest BCUT2D eigenvalue weighted by atomic mass is 10.2. The summed E-state index contributed by atoms with van der Waals surface area (Å²) in [5.74, 6) is 0.195. The van der Waals surface area contributed by atoms with Gasteiger partial charge >= 0.3 is 5.97 Å². The summed E-state index contributed by atoms with van der Waals surface area (Å²) >= 11 is 0. The van der Waals surface area contributed by atoms with Crippen LogP contribution in [0, 0.1) is 5.92 Å². The molecule has 0 aliphatic rings. The Morgan fingerprint density at radius 1 is 1.45 bits per heavy atom. The molecule has 0 heterocycles. The third-order valence-corrected chi connectivity index (χ3v) is 1.07. The Morgan fingerprint density at radius 2 is 2.00 bits per heavy atom. The molecule has 0 spiro atoms. The zero-order valence-electron chi connectivity index (χ0n) is 7.46. The van der Waals surface area contributed by atoms with Gasteiger partial charge < -0.3 is 10.5 Å². The lowest BCUT2D eigenvalue weighted by Gasteiger charge is -2.08. The van der Waals surface area contributed by atoms with E-state index in [4.69, 9.17) is 10.5 Å². The standard InChI is InChI=1S/C8H17NO2/c1-6(2)5-11-8(10)4-7(3)9/h6-7H,4-5,9H2,1-3H3. The molecule has 3 heteroatoms. The van der Waals surface area contributed by atoms with Crippen LogP contribution in [0.4, 0.5) is 0 Å². The minimum Gasteiger partial charge on any atom is -0.465 e. The maximum absolute atomic E-state index is 10.9. The molecular weight excluding hydrogens is 142 g/mol. The van der Waals surface area contributed by atoms with Crippen LogP contribution < -0.4 is 5.73 Å². The van der Waals surface area contributed by atoms with Crippen molar-refractivity contribution in [1.82, 2.24) is 0 Å². The van der Waals surface area contributed by atoms with Crippen molar-refractivity contribution in [2.75, 3.05) is 6.61 Å². The van der Waals surface area contributed by atoms with E-state index in [-0.39, 0.29) is 12.0 Å². The van der Waals surface area contributed by atoms with E-state index in [1.807, 2.05) is 13.8 Å². The molecule has 0 radical (unpaired) electrons. The second-order valence-electron chi connectivity index (χ2n) is 3.26. The summed E-state index contributed by atoms with van der Waals surface area (Å²) in [5.41, 5.74) is 5.40. The molecule has 0 aromatic heterocycles. The second kappa shape index (κ2) is 5.13. The quantitative estimate of drug-likeness (QED) is 0.621. The van der Waals surface area contributed by atoms with Crippen LogP contribution in [-0.2, 0) is 9.53 Å². The van der Waals surface area contributed by atoms with Crippen LogP contribution in [0.25, 0.3) is 0 Å². The van der Waals surface area contributed by atoms with Crippen molar-refractivity contribution in [3.8, 4) is 0 Å². The Morgan fingerprint density at radius 3 is 2.36 bits per heavy atom. The van der Waals surface area contributed by atoms with Gasteiger partial charge in [0.2, 0.25) is 0 Å². The molecule has 0 amide bonds. The molecule has 11 heavy (non-hydrogen) atoms. The number of nitrogens with two attached hydrogens (primary N) is 1. The number of esters is 1. The van der Waals surface area contributed by atoms with Gasteiger partial charge in [-0.1, -0.05) is 13.8 Å². The van der Waals surface area contributed by atoms with Crippen molar-refractivity contribution in [2.24, 2.45) is 11.7 Å². The highest BCUT2D eigenvalue weighted by Gasteiger charge is 2.06. The molecule has 0 aliphatic carbocycles. The first-order valence-electron chi connectivity index (χ1n) is 3.93. The first kappa shape index (κ1) is 10.4. The SMILES string of the molecule is CC(C)COC(=O)CC(C)N. The molecule has 3 nitrogen and oxygen atoms in total. The number of ether oxygens (including phenoxy) is 1. The van der Waals surface area contributed by atoms with Gasteiger partial charge in [-0.15, -0.1) is 0 Å². The number of rotatable bonds is 4. The second-order valence-corrected chi connectivity index (χ2v) is 3.26. The molecule has 0 aromatic carbocycles. The lowest BCUT2D eigenvalue weighted by molar-refractivity contribution is -0.145. The van der Waals surface area contributed by atoms with Crippen LogP contribution in [0.1, 0.15) is 27.2 Å². The average Bonchev–Trinajstić information content (AvgIpc) is 1.82. The van der Waals surface area contributed by atoms with Crippen molar-refractivity contribution >= 4 is 5.97 Å². The predicted molar refractivity (Wildman–Crippen MR) is 44.1 cm³/mol. The highest BCUT2D eigenvalue weighted by Crippen LogP contribution is 1.96. The molecule has 1 atom stereocenters. The highest BCUT2D eigenvalue weighted by molar-refractivity contribution is 5.69. The number of carbonyl (C=O) groups excluding carboxylic acids is 1. The highest BCUT2D eigenvalue weighted by atomic mass is 16.5. The summed E-state index contributed by atoms with van der Waals surface area (Å²) in [6.45, 7) is 6.28. The van der Waals surface area contributed by atoms with E-state index in [0.717, 1.165) is 0 Å². The molecule has 0 saturated carbocycles. The van der Waals surface area contributed by atoms with Crippen molar-refractivity contribution < 1.29 is 9.53 Å². The Kier molecular flexibility index (Phi) is 4.86. The fourth-order valence-electron chi connectivity index (χ4n) is 0.581. The molecule has 66 valence electrons. The average molecular weight is 159 g/mol. The van der Waals surface area contributed by atoms with E-state index in [1.54, 1.807) is 6.92 Å². The van der Waals surface area contributed by atoms with E-state index >= 15 is 0 Å². The third-order valence-electron chi connectivity index (χ3n) is 1.07. The van der Waals surface area contributed by atoms with Gasteiger partial charge in [-0.2, -0.15) is 0 Å². The number of hydrogen-bond acceptors (Lipinski definition) is 3. The number of carbonyl (C=O) groups is 1. The fraction of sp³-hybridized carbons (Fsp3) is 0.875. The molecular formula is C8H17NO2. The first-order chi connectivity index (χ1) is 5.02. The topological polar surface area (TPSA) is 52.3 Å². The van der Waals surface area contributed by atoms with Crippen LogP contribution in [-0.4, -0.2) is 18.6 Å². The van der Waals surface area contributed by atoms with Gasteiger partial charge in [-0.05, 0) is 12.8 Å². The normalized spacial score (nSPS) is 13.2. The Labute approximate surface area is 67.9 Å². The van der Waals surface area contributed by atoms with E-state index in [0.29, 0.717) is 18.9 Å². The third kappa shape index (κ3) is 7.33. The Hall–Kier alpha value is -0.570. The maximum atomic E-state index is 10.9. The summed E-state index contributed by atoms with van der Waals surface area (Å²) in [6, 6.07) is -0.102. The van der Waals surface area contributed by atoms with Crippen LogP contribution >= 0.6 is 0 Å². The minimum absolute atomic E-state index is 0.102. The molecule has 2 N–H and O–H groups in total. The lowest BCUT2D eigenvalue weighted by Crippen LogP contribution is -2.22. The van der Waals surface area contributed by atoms with Gasteiger partial charge in [0.25, 0.3) is 0 Å². The molecule has 1 unspecified atom stereocenters. The van der Waals surface area contributed by atoms with Gasteiger partial charge in [0.15, 0.2) is 0 Å². The maximum Gasteiger partial charge on any atom is 0.307 e. The summed E-state index contributed by atoms with van der Waals surface area (Å²) in [6.07, 6.45) is 0.312. The molecule has 0 rings (SSSR count). The zero-order valence-corrected chi connectivity index (χ0v) is 7.46. The molecule has 0 saturated heterocycles. The molecule has 0 bridgehead atoms. The van der Waals surface area contributed by atoms with E-state index in [1.165, 1.54) is 0 Å². The van der Waals surface area contributed by atoms with Gasteiger partial charge in [0, 0.05) is 6.04 Å².